The van der Waals surface area contributed by atoms with Gasteiger partial charge in [-0.15, -0.1) is 0 Å². The summed E-state index contributed by atoms with van der Waals surface area (Å²) in [5.41, 5.74) is 0.601. The highest BCUT2D eigenvalue weighted by atomic mass is 16.5. The summed E-state index contributed by atoms with van der Waals surface area (Å²) in [5.74, 6) is 4.56. The van der Waals surface area contributed by atoms with Gasteiger partial charge in [0, 0.05) is 19.3 Å². The zero-order valence-corrected chi connectivity index (χ0v) is 21.6. The van der Waals surface area contributed by atoms with Gasteiger partial charge >= 0.3 is 5.97 Å². The molecule has 0 heterocycles. The lowest BCUT2D eigenvalue weighted by Crippen LogP contribution is -2.57. The summed E-state index contributed by atoms with van der Waals surface area (Å²) in [4.78, 5) is 25.2. The Morgan fingerprint density at radius 3 is 2.38 bits per heavy atom. The third kappa shape index (κ3) is 4.20. The average Bonchev–Trinajstić information content (AvgIpc) is 3.05. The Balaban J connectivity index is 1.48. The number of rotatable bonds is 6. The van der Waals surface area contributed by atoms with E-state index in [0.717, 1.165) is 43.4 Å². The minimum absolute atomic E-state index is 0.0198. The van der Waals surface area contributed by atoms with E-state index in [2.05, 4.69) is 34.6 Å². The molecule has 0 N–H and O–H groups in total. The van der Waals surface area contributed by atoms with Gasteiger partial charge in [-0.2, -0.15) is 0 Å². The van der Waals surface area contributed by atoms with Crippen molar-refractivity contribution in [3.05, 3.63) is 0 Å². The van der Waals surface area contributed by atoms with Crippen molar-refractivity contribution in [1.29, 1.82) is 0 Å². The summed E-state index contributed by atoms with van der Waals surface area (Å²) < 4.78 is 5.58. The number of carbonyl (C=O) groups is 2. The predicted molar refractivity (Wildman–Crippen MR) is 129 cm³/mol. The van der Waals surface area contributed by atoms with Crippen molar-refractivity contribution in [2.24, 2.45) is 52.3 Å². The number of ether oxygens (including phenoxy) is 1. The van der Waals surface area contributed by atoms with Gasteiger partial charge in [0.25, 0.3) is 0 Å². The lowest BCUT2D eigenvalue weighted by molar-refractivity contribution is -0.168. The summed E-state index contributed by atoms with van der Waals surface area (Å²) in [6, 6.07) is 0. The third-order valence-electron chi connectivity index (χ3n) is 11.0. The highest BCUT2D eigenvalue weighted by molar-refractivity contribution is 5.83. The molecule has 0 aliphatic heterocycles. The summed E-state index contributed by atoms with van der Waals surface area (Å²) in [7, 11) is 0. The van der Waals surface area contributed by atoms with Gasteiger partial charge in [0.2, 0.25) is 0 Å². The maximum atomic E-state index is 13.7. The van der Waals surface area contributed by atoms with Crippen LogP contribution in [0.5, 0.6) is 0 Å². The van der Waals surface area contributed by atoms with Gasteiger partial charge in [-0.05, 0) is 91.3 Å². The van der Waals surface area contributed by atoms with Crippen LogP contribution in [0.2, 0.25) is 0 Å². The van der Waals surface area contributed by atoms with Crippen LogP contribution in [0.15, 0.2) is 0 Å². The Bertz CT molecular complexity index is 713. The van der Waals surface area contributed by atoms with Crippen LogP contribution >= 0.6 is 0 Å². The molecule has 0 radical (unpaired) electrons. The van der Waals surface area contributed by atoms with Crippen molar-refractivity contribution in [3.63, 3.8) is 0 Å². The molecule has 0 bridgehead atoms. The van der Waals surface area contributed by atoms with E-state index in [1.54, 1.807) is 0 Å². The molecule has 4 saturated carbocycles. The first-order valence-electron chi connectivity index (χ1n) is 13.8. The maximum absolute atomic E-state index is 13.7. The Morgan fingerprint density at radius 1 is 1.00 bits per heavy atom. The van der Waals surface area contributed by atoms with Crippen LogP contribution in [-0.4, -0.2) is 17.9 Å². The molecule has 0 spiro atoms. The van der Waals surface area contributed by atoms with Crippen LogP contribution < -0.4 is 0 Å². The van der Waals surface area contributed by atoms with Crippen molar-refractivity contribution < 1.29 is 14.3 Å². The van der Waals surface area contributed by atoms with Crippen molar-refractivity contribution in [2.75, 3.05) is 0 Å². The second-order valence-electron chi connectivity index (χ2n) is 13.1. The highest BCUT2D eigenvalue weighted by Gasteiger charge is 2.63. The van der Waals surface area contributed by atoms with Crippen molar-refractivity contribution in [3.8, 4) is 0 Å². The van der Waals surface area contributed by atoms with Crippen LogP contribution in [0.4, 0.5) is 0 Å². The SMILES string of the molecule is CC(=O)O[C@@H]1CC[C@]2(C)C3CC[C@@]4(C)C(CC[C@@H]4[C@H](C)CCCC(C)C)C3C(=O)C[C@H]2C1. The quantitative estimate of drug-likeness (QED) is 0.406. The Morgan fingerprint density at radius 2 is 1.69 bits per heavy atom. The molecule has 4 rings (SSSR count). The summed E-state index contributed by atoms with van der Waals surface area (Å²) in [6.07, 6.45) is 12.9. The van der Waals surface area contributed by atoms with Crippen LogP contribution in [0.25, 0.3) is 0 Å². The predicted octanol–water partition coefficient (Wildman–Crippen LogP) is 7.22. The van der Waals surface area contributed by atoms with E-state index < -0.39 is 0 Å². The number of hydrogen-bond acceptors (Lipinski definition) is 3. The van der Waals surface area contributed by atoms with Crippen LogP contribution in [-0.2, 0) is 14.3 Å². The standard InChI is InChI=1S/C29H48O3/c1-18(2)8-7-9-19(3)23-10-11-24-27-25(13-15-29(23,24)6)28(5)14-12-22(32-20(4)30)16-21(28)17-26(27)31/h18-19,21-25,27H,7-17H2,1-6H3/t19-,21-,22-,23-,24?,25?,27?,28+,29-/m1/s1. The summed E-state index contributed by atoms with van der Waals surface area (Å²) in [5, 5.41) is 0. The fraction of sp³-hybridized carbons (Fsp3) is 0.931. The number of ketones is 1. The molecule has 0 saturated heterocycles. The molecule has 4 fully saturated rings. The Labute approximate surface area is 196 Å². The molecule has 32 heavy (non-hydrogen) atoms. The molecule has 182 valence electrons. The fourth-order valence-corrected chi connectivity index (χ4v) is 9.26. The molecule has 4 aliphatic rings. The largest absolute Gasteiger partial charge is 0.463 e. The minimum Gasteiger partial charge on any atom is -0.463 e. The Hall–Kier alpha value is -0.860. The van der Waals surface area contributed by atoms with E-state index in [1.165, 1.54) is 51.9 Å². The van der Waals surface area contributed by atoms with E-state index in [-0.39, 0.29) is 23.4 Å². The summed E-state index contributed by atoms with van der Waals surface area (Å²) >= 11 is 0. The zero-order valence-electron chi connectivity index (χ0n) is 21.6. The number of Topliss-reactive ketones (excluding diaryl/α,β-unsaturated/α-hetero) is 1. The maximum Gasteiger partial charge on any atom is 0.302 e. The molecule has 0 aromatic carbocycles. The van der Waals surface area contributed by atoms with Crippen LogP contribution in [0, 0.1) is 52.3 Å². The van der Waals surface area contributed by atoms with Gasteiger partial charge in [0.1, 0.15) is 11.9 Å². The third-order valence-corrected chi connectivity index (χ3v) is 11.0. The molecule has 4 aliphatic carbocycles. The van der Waals surface area contributed by atoms with E-state index >= 15 is 0 Å². The second-order valence-corrected chi connectivity index (χ2v) is 13.1. The number of fused-ring (bicyclic) bond motifs is 5. The lowest BCUT2D eigenvalue weighted by atomic mass is 9.44. The fourth-order valence-electron chi connectivity index (χ4n) is 9.26. The zero-order chi connectivity index (χ0) is 23.3. The molecule has 9 atom stereocenters. The molecule has 0 amide bonds. The molecule has 3 unspecified atom stereocenters. The monoisotopic (exact) mass is 444 g/mol. The average molecular weight is 445 g/mol. The molecule has 3 nitrogen and oxygen atoms in total. The van der Waals surface area contributed by atoms with Gasteiger partial charge in [-0.1, -0.05) is 53.9 Å². The first kappa shape index (κ1) is 24.3. The summed E-state index contributed by atoms with van der Waals surface area (Å²) in [6.45, 7) is 13.7. The van der Waals surface area contributed by atoms with Gasteiger partial charge in [0.05, 0.1) is 0 Å². The molecule has 0 aromatic rings. The highest BCUT2D eigenvalue weighted by Crippen LogP contribution is 2.67. The van der Waals surface area contributed by atoms with Crippen molar-refractivity contribution in [1.82, 2.24) is 0 Å². The van der Waals surface area contributed by atoms with Gasteiger partial charge in [-0.25, -0.2) is 0 Å². The normalized spacial score (nSPS) is 44.5. The van der Waals surface area contributed by atoms with Gasteiger partial charge < -0.3 is 4.74 Å². The lowest BCUT2D eigenvalue weighted by Gasteiger charge is -2.60. The van der Waals surface area contributed by atoms with E-state index in [0.29, 0.717) is 29.0 Å². The van der Waals surface area contributed by atoms with E-state index in [9.17, 15) is 9.59 Å². The van der Waals surface area contributed by atoms with Crippen LogP contribution in [0.3, 0.4) is 0 Å². The smallest absolute Gasteiger partial charge is 0.302 e. The molecule has 3 heteroatoms. The number of hydrogen-bond donors (Lipinski definition) is 0. The van der Waals surface area contributed by atoms with Gasteiger partial charge in [-0.3, -0.25) is 9.59 Å². The van der Waals surface area contributed by atoms with E-state index in [4.69, 9.17) is 4.74 Å². The minimum atomic E-state index is -0.174. The first-order chi connectivity index (χ1) is 15.1. The molecule has 0 aromatic heterocycles. The number of carbonyl (C=O) groups excluding carboxylic acids is 2. The Kier molecular flexibility index (Phi) is 6.87. The second kappa shape index (κ2) is 9.06. The molecular weight excluding hydrogens is 396 g/mol. The van der Waals surface area contributed by atoms with E-state index in [1.807, 2.05) is 0 Å². The number of esters is 1. The van der Waals surface area contributed by atoms with Crippen molar-refractivity contribution >= 4 is 11.8 Å². The van der Waals surface area contributed by atoms with Crippen LogP contribution in [0.1, 0.15) is 112 Å². The van der Waals surface area contributed by atoms with Gasteiger partial charge in [0.15, 0.2) is 0 Å². The topological polar surface area (TPSA) is 43.4 Å². The first-order valence-corrected chi connectivity index (χ1v) is 13.8. The van der Waals surface area contributed by atoms with Crippen molar-refractivity contribution in [2.45, 2.75) is 118 Å². The molecular formula is C29H48O3.